The van der Waals surface area contributed by atoms with Crippen molar-refractivity contribution in [2.75, 3.05) is 23.3 Å². The van der Waals surface area contributed by atoms with Crippen molar-refractivity contribution in [3.8, 4) is 0 Å². The molecule has 0 saturated carbocycles. The van der Waals surface area contributed by atoms with Crippen LogP contribution in [-0.4, -0.2) is 29.9 Å². The number of amides is 3. The van der Waals surface area contributed by atoms with Gasteiger partial charge in [0.15, 0.2) is 0 Å². The Hall–Kier alpha value is -3.74. The number of carbonyl (C=O) groups excluding carboxylic acids is 2. The van der Waals surface area contributed by atoms with E-state index < -0.39 is 23.1 Å². The van der Waals surface area contributed by atoms with Crippen LogP contribution in [0.25, 0.3) is 0 Å². The van der Waals surface area contributed by atoms with Gasteiger partial charge in [-0.3, -0.25) is 4.79 Å². The fourth-order valence-electron chi connectivity index (χ4n) is 5.04. The van der Waals surface area contributed by atoms with Crippen molar-refractivity contribution in [2.24, 2.45) is 5.41 Å². The maximum absolute atomic E-state index is 13.5. The maximum Gasteiger partial charge on any atom is 0.321 e. The first-order valence-corrected chi connectivity index (χ1v) is 10.9. The molecular formula is C26H23F2N3O2. The van der Waals surface area contributed by atoms with Gasteiger partial charge in [-0.25, -0.2) is 13.6 Å². The van der Waals surface area contributed by atoms with E-state index in [4.69, 9.17) is 0 Å². The number of nitrogens with one attached hydrogen (secondary N) is 1. The van der Waals surface area contributed by atoms with E-state index in [2.05, 4.69) is 5.32 Å². The average Bonchev–Trinajstić information content (AvgIpc) is 2.82. The van der Waals surface area contributed by atoms with E-state index in [9.17, 15) is 18.4 Å². The second-order valence-corrected chi connectivity index (χ2v) is 8.56. The number of β-lactam (4-membered cyclic amide) rings is 1. The Morgan fingerprint density at radius 2 is 1.45 bits per heavy atom. The highest BCUT2D eigenvalue weighted by Gasteiger charge is 2.62. The zero-order valence-electron chi connectivity index (χ0n) is 17.9. The van der Waals surface area contributed by atoms with Gasteiger partial charge >= 0.3 is 6.03 Å². The SMILES string of the molecule is O=C(Nc1cc(F)cc(F)c1)N1CCC2(CC1)C(=O)N(c1ccccc1)C2c1ccccc1. The molecule has 5 rings (SSSR count). The molecule has 0 radical (unpaired) electrons. The van der Waals surface area contributed by atoms with Gasteiger partial charge in [-0.05, 0) is 42.7 Å². The van der Waals surface area contributed by atoms with Crippen LogP contribution in [0.3, 0.4) is 0 Å². The Balaban J connectivity index is 1.35. The van der Waals surface area contributed by atoms with E-state index >= 15 is 0 Å². The van der Waals surface area contributed by atoms with Crippen LogP contribution in [0, 0.1) is 17.0 Å². The molecule has 2 heterocycles. The van der Waals surface area contributed by atoms with Gasteiger partial charge in [0.1, 0.15) is 11.6 Å². The lowest BCUT2D eigenvalue weighted by Gasteiger charge is -2.59. The number of para-hydroxylation sites is 1. The van der Waals surface area contributed by atoms with Crippen LogP contribution in [-0.2, 0) is 4.79 Å². The van der Waals surface area contributed by atoms with Gasteiger partial charge < -0.3 is 15.1 Å². The summed E-state index contributed by atoms with van der Waals surface area (Å²) in [6, 6.07) is 21.9. The molecule has 2 fully saturated rings. The first-order valence-electron chi connectivity index (χ1n) is 10.9. The number of benzene rings is 3. The Kier molecular flexibility index (Phi) is 5.32. The lowest BCUT2D eigenvalue weighted by molar-refractivity contribution is -0.144. The molecule has 1 spiro atoms. The molecule has 2 aliphatic rings. The van der Waals surface area contributed by atoms with E-state index in [1.807, 2.05) is 65.6 Å². The largest absolute Gasteiger partial charge is 0.324 e. The van der Waals surface area contributed by atoms with E-state index in [1.165, 1.54) is 0 Å². The standard InChI is InChI=1S/C26H23F2N3O2/c27-19-15-20(28)17-21(16-19)29-25(33)30-13-11-26(12-14-30)23(18-7-3-1-4-8-18)31(24(26)32)22-9-5-2-6-10-22/h1-10,15-17,23H,11-14H2,(H,29,33). The number of carbonyl (C=O) groups is 2. The molecule has 3 aromatic carbocycles. The molecule has 3 aromatic rings. The van der Waals surface area contributed by atoms with E-state index in [1.54, 1.807) is 4.90 Å². The van der Waals surface area contributed by atoms with E-state index in [0.717, 1.165) is 29.4 Å². The van der Waals surface area contributed by atoms with Gasteiger partial charge in [-0.1, -0.05) is 48.5 Å². The first kappa shape index (κ1) is 21.1. The summed E-state index contributed by atoms with van der Waals surface area (Å²) >= 11 is 0. The predicted molar refractivity (Wildman–Crippen MR) is 122 cm³/mol. The monoisotopic (exact) mass is 447 g/mol. The van der Waals surface area contributed by atoms with Crippen LogP contribution in [0.4, 0.5) is 25.0 Å². The summed E-state index contributed by atoms with van der Waals surface area (Å²) in [5.41, 5.74) is 1.40. The Morgan fingerprint density at radius 3 is 2.06 bits per heavy atom. The van der Waals surface area contributed by atoms with Crippen LogP contribution in [0.15, 0.2) is 78.9 Å². The molecule has 0 aromatic heterocycles. The fraction of sp³-hybridized carbons (Fsp3) is 0.231. The molecule has 1 N–H and O–H groups in total. The molecule has 0 bridgehead atoms. The van der Waals surface area contributed by atoms with Crippen LogP contribution < -0.4 is 10.2 Å². The molecule has 0 aliphatic carbocycles. The topological polar surface area (TPSA) is 52.7 Å². The van der Waals surface area contributed by atoms with Gasteiger partial charge in [0, 0.05) is 30.5 Å². The maximum atomic E-state index is 13.5. The molecule has 5 nitrogen and oxygen atoms in total. The van der Waals surface area contributed by atoms with Crippen molar-refractivity contribution in [1.29, 1.82) is 0 Å². The van der Waals surface area contributed by atoms with Crippen molar-refractivity contribution in [3.05, 3.63) is 96.1 Å². The molecule has 3 amide bonds. The van der Waals surface area contributed by atoms with Gasteiger partial charge in [-0.15, -0.1) is 0 Å². The Morgan fingerprint density at radius 1 is 0.879 bits per heavy atom. The quantitative estimate of drug-likeness (QED) is 0.549. The zero-order chi connectivity index (χ0) is 23.0. The number of urea groups is 1. The van der Waals surface area contributed by atoms with Gasteiger partial charge in [0.25, 0.3) is 0 Å². The summed E-state index contributed by atoms with van der Waals surface area (Å²) in [6.45, 7) is 0.753. The molecule has 2 aliphatic heterocycles. The van der Waals surface area contributed by atoms with Gasteiger partial charge in [0.2, 0.25) is 5.91 Å². The second kappa shape index (κ2) is 8.31. The number of piperidine rings is 1. The van der Waals surface area contributed by atoms with Crippen molar-refractivity contribution >= 4 is 23.3 Å². The smallest absolute Gasteiger partial charge is 0.321 e. The predicted octanol–water partition coefficient (Wildman–Crippen LogP) is 5.37. The highest BCUT2D eigenvalue weighted by molar-refractivity contribution is 6.06. The summed E-state index contributed by atoms with van der Waals surface area (Å²) < 4.78 is 26.9. The number of hydrogen-bond donors (Lipinski definition) is 1. The third-order valence-corrected chi connectivity index (χ3v) is 6.63. The average molecular weight is 447 g/mol. The molecule has 1 unspecified atom stereocenters. The van der Waals surface area contributed by atoms with Crippen molar-refractivity contribution < 1.29 is 18.4 Å². The minimum Gasteiger partial charge on any atom is -0.324 e. The summed E-state index contributed by atoms with van der Waals surface area (Å²) in [4.78, 5) is 29.6. The zero-order valence-corrected chi connectivity index (χ0v) is 17.9. The molecular weight excluding hydrogens is 424 g/mol. The third-order valence-electron chi connectivity index (χ3n) is 6.63. The lowest BCUT2D eigenvalue weighted by Crippen LogP contribution is -2.67. The van der Waals surface area contributed by atoms with Crippen molar-refractivity contribution in [1.82, 2.24) is 4.90 Å². The molecule has 33 heavy (non-hydrogen) atoms. The van der Waals surface area contributed by atoms with Gasteiger partial charge in [-0.2, -0.15) is 0 Å². The summed E-state index contributed by atoms with van der Waals surface area (Å²) in [7, 11) is 0. The molecule has 2 saturated heterocycles. The lowest BCUT2D eigenvalue weighted by atomic mass is 9.62. The van der Waals surface area contributed by atoms with E-state index in [0.29, 0.717) is 25.9 Å². The number of hydrogen-bond acceptors (Lipinski definition) is 2. The summed E-state index contributed by atoms with van der Waals surface area (Å²) in [5, 5.41) is 2.56. The number of likely N-dealkylation sites (tertiary alicyclic amines) is 1. The summed E-state index contributed by atoms with van der Waals surface area (Å²) in [5.74, 6) is -1.45. The van der Waals surface area contributed by atoms with E-state index in [-0.39, 0.29) is 17.6 Å². The Labute approximate surface area is 190 Å². The molecule has 168 valence electrons. The van der Waals surface area contributed by atoms with Gasteiger partial charge in [0.05, 0.1) is 11.5 Å². The van der Waals surface area contributed by atoms with Crippen LogP contribution in [0.2, 0.25) is 0 Å². The number of rotatable bonds is 3. The van der Waals surface area contributed by atoms with Crippen molar-refractivity contribution in [3.63, 3.8) is 0 Å². The minimum absolute atomic E-state index is 0.0646. The highest BCUT2D eigenvalue weighted by atomic mass is 19.1. The molecule has 1 atom stereocenters. The second-order valence-electron chi connectivity index (χ2n) is 8.56. The molecule has 7 heteroatoms. The minimum atomic E-state index is -0.755. The normalized spacial score (nSPS) is 19.3. The van der Waals surface area contributed by atoms with Crippen LogP contribution in [0.5, 0.6) is 0 Å². The first-order chi connectivity index (χ1) is 16.0. The van der Waals surface area contributed by atoms with Crippen molar-refractivity contribution in [2.45, 2.75) is 18.9 Å². The number of halogens is 2. The fourth-order valence-corrected chi connectivity index (χ4v) is 5.04. The summed E-state index contributed by atoms with van der Waals surface area (Å²) in [6.07, 6.45) is 1.03. The number of nitrogens with zero attached hydrogens (tertiary/aromatic N) is 2. The number of anilines is 2. The van der Waals surface area contributed by atoms with Crippen LogP contribution >= 0.6 is 0 Å². The Bertz CT molecular complexity index is 1160. The van der Waals surface area contributed by atoms with Crippen LogP contribution in [0.1, 0.15) is 24.4 Å². The highest BCUT2D eigenvalue weighted by Crippen LogP contribution is 2.57. The third kappa shape index (κ3) is 3.73.